The summed E-state index contributed by atoms with van der Waals surface area (Å²) in [5.74, 6) is -0.383. The van der Waals surface area contributed by atoms with Crippen molar-refractivity contribution in [2.45, 2.75) is 24.2 Å². The molecule has 0 aromatic heterocycles. The van der Waals surface area contributed by atoms with Crippen LogP contribution in [0.15, 0.2) is 53.4 Å². The number of nitrogens with one attached hydrogen (secondary N) is 2. The minimum atomic E-state index is -3.55. The van der Waals surface area contributed by atoms with Crippen molar-refractivity contribution < 1.29 is 22.7 Å². The van der Waals surface area contributed by atoms with Crippen molar-refractivity contribution in [2.75, 3.05) is 41.8 Å². The van der Waals surface area contributed by atoms with Crippen LogP contribution < -0.4 is 15.5 Å². The van der Waals surface area contributed by atoms with Gasteiger partial charge in [-0.15, -0.1) is 0 Å². The highest BCUT2D eigenvalue weighted by molar-refractivity contribution is 7.89. The molecule has 33 heavy (non-hydrogen) atoms. The lowest BCUT2D eigenvalue weighted by atomic mass is 10.1. The summed E-state index contributed by atoms with van der Waals surface area (Å²) in [4.78, 5) is 25.6. The number of hydrogen-bond acceptors (Lipinski definition) is 6. The van der Waals surface area contributed by atoms with E-state index in [9.17, 15) is 18.0 Å². The predicted octanol–water partition coefficient (Wildman–Crippen LogP) is 2.56. The summed E-state index contributed by atoms with van der Waals surface area (Å²) >= 11 is 5.34. The van der Waals surface area contributed by atoms with Gasteiger partial charge in [0.1, 0.15) is 0 Å². The molecular weight excluding hydrogens is 464 g/mol. The molecule has 2 aliphatic rings. The van der Waals surface area contributed by atoms with Gasteiger partial charge in [0.25, 0.3) is 0 Å². The summed E-state index contributed by atoms with van der Waals surface area (Å²) in [7, 11) is -3.55. The number of anilines is 3. The molecule has 174 valence electrons. The Morgan fingerprint density at radius 1 is 0.848 bits per heavy atom. The van der Waals surface area contributed by atoms with Crippen LogP contribution in [0, 0.1) is 0 Å². The number of carbonyl (C=O) groups is 2. The van der Waals surface area contributed by atoms with Crippen molar-refractivity contribution in [3.8, 4) is 0 Å². The van der Waals surface area contributed by atoms with E-state index in [1.54, 1.807) is 36.4 Å². The van der Waals surface area contributed by atoms with Crippen molar-refractivity contribution in [3.63, 3.8) is 0 Å². The van der Waals surface area contributed by atoms with Crippen LogP contribution in [0.2, 0.25) is 0 Å². The third-order valence-corrected chi connectivity index (χ3v) is 7.50. The zero-order valence-electron chi connectivity index (χ0n) is 17.8. The molecule has 2 aromatic rings. The number of benzene rings is 2. The minimum absolute atomic E-state index is 0.191. The van der Waals surface area contributed by atoms with Gasteiger partial charge in [-0.05, 0) is 67.2 Å². The fourth-order valence-electron chi connectivity index (χ4n) is 3.68. The molecule has 0 radical (unpaired) electrons. The van der Waals surface area contributed by atoms with Crippen LogP contribution in [-0.2, 0) is 24.3 Å². The Morgan fingerprint density at radius 2 is 1.36 bits per heavy atom. The first kappa shape index (κ1) is 23.3. The smallest absolute Gasteiger partial charge is 0.243 e. The zero-order valence-corrected chi connectivity index (χ0v) is 19.5. The SMILES string of the molecule is O=C1CCCC(=O)N1c1ccc(NC(=S)Nc2ccc(S(=O)(=O)N3CCOCC3)cc2)cc1. The van der Waals surface area contributed by atoms with Gasteiger partial charge in [-0.25, -0.2) is 8.42 Å². The fraction of sp³-hybridized carbons (Fsp3) is 0.318. The first-order chi connectivity index (χ1) is 15.8. The Bertz CT molecular complexity index is 1130. The molecule has 0 saturated carbocycles. The summed E-state index contributed by atoms with van der Waals surface area (Å²) < 4.78 is 32.1. The van der Waals surface area contributed by atoms with E-state index in [2.05, 4.69) is 10.6 Å². The summed E-state index contributed by atoms with van der Waals surface area (Å²) in [6.07, 6.45) is 1.33. The molecule has 2 aliphatic heterocycles. The van der Waals surface area contributed by atoms with E-state index in [0.29, 0.717) is 67.7 Å². The average Bonchev–Trinajstić information content (AvgIpc) is 2.81. The molecule has 2 N–H and O–H groups in total. The standard InChI is InChI=1S/C22H24N4O5S2/c27-20-2-1-3-21(28)26(20)18-8-4-16(5-9-18)23-22(32)24-17-6-10-19(11-7-17)33(29,30)25-12-14-31-15-13-25/h4-11H,1-3,12-15H2,(H2,23,24,32). The van der Waals surface area contributed by atoms with Gasteiger partial charge in [-0.3, -0.25) is 14.5 Å². The Morgan fingerprint density at radius 3 is 1.91 bits per heavy atom. The number of thiocarbonyl (C=S) groups is 1. The van der Waals surface area contributed by atoms with E-state index in [1.807, 2.05) is 0 Å². The Balaban J connectivity index is 1.36. The maximum Gasteiger partial charge on any atom is 0.243 e. The number of nitrogens with zero attached hydrogens (tertiary/aromatic N) is 2. The average molecular weight is 489 g/mol. The number of imide groups is 1. The number of amides is 2. The lowest BCUT2D eigenvalue weighted by molar-refractivity contribution is -0.129. The van der Waals surface area contributed by atoms with Gasteiger partial charge in [0, 0.05) is 37.3 Å². The summed E-state index contributed by atoms with van der Waals surface area (Å²) in [5.41, 5.74) is 1.85. The molecule has 0 unspecified atom stereocenters. The van der Waals surface area contributed by atoms with Gasteiger partial charge in [0.15, 0.2) is 5.11 Å². The number of sulfonamides is 1. The molecule has 2 heterocycles. The molecule has 2 amide bonds. The van der Waals surface area contributed by atoms with Crippen LogP contribution in [0.5, 0.6) is 0 Å². The van der Waals surface area contributed by atoms with Crippen LogP contribution in [0.1, 0.15) is 19.3 Å². The highest BCUT2D eigenvalue weighted by Crippen LogP contribution is 2.24. The normalized spacial score (nSPS) is 17.6. The quantitative estimate of drug-likeness (QED) is 0.488. The largest absolute Gasteiger partial charge is 0.379 e. The van der Waals surface area contributed by atoms with Crippen molar-refractivity contribution in [1.29, 1.82) is 0 Å². The Labute approximate surface area is 197 Å². The van der Waals surface area contributed by atoms with Gasteiger partial charge < -0.3 is 15.4 Å². The van der Waals surface area contributed by atoms with E-state index in [1.165, 1.54) is 21.3 Å². The van der Waals surface area contributed by atoms with Crippen LogP contribution >= 0.6 is 12.2 Å². The molecule has 0 spiro atoms. The number of piperidine rings is 1. The highest BCUT2D eigenvalue weighted by Gasteiger charge is 2.27. The van der Waals surface area contributed by atoms with Crippen molar-refractivity contribution in [3.05, 3.63) is 48.5 Å². The number of rotatable bonds is 5. The third kappa shape index (κ3) is 5.38. The van der Waals surface area contributed by atoms with E-state index in [0.717, 1.165) is 0 Å². The molecule has 11 heteroatoms. The minimum Gasteiger partial charge on any atom is -0.379 e. The maximum absolute atomic E-state index is 12.7. The molecule has 2 fully saturated rings. The summed E-state index contributed by atoms with van der Waals surface area (Å²) in [6, 6.07) is 13.2. The van der Waals surface area contributed by atoms with Gasteiger partial charge in [-0.1, -0.05) is 0 Å². The first-order valence-electron chi connectivity index (χ1n) is 10.6. The molecule has 0 bridgehead atoms. The van der Waals surface area contributed by atoms with Crippen molar-refractivity contribution in [2.24, 2.45) is 0 Å². The second kappa shape index (κ2) is 9.96. The molecule has 2 aromatic carbocycles. The van der Waals surface area contributed by atoms with Crippen LogP contribution in [-0.4, -0.2) is 56.0 Å². The number of carbonyl (C=O) groups excluding carboxylic acids is 2. The second-order valence-electron chi connectivity index (χ2n) is 7.64. The zero-order chi connectivity index (χ0) is 23.4. The Kier molecular flexibility index (Phi) is 7.03. The molecule has 4 rings (SSSR count). The molecule has 0 aliphatic carbocycles. The first-order valence-corrected chi connectivity index (χ1v) is 12.4. The summed E-state index contributed by atoms with van der Waals surface area (Å²) in [5, 5.41) is 6.36. The topological polar surface area (TPSA) is 108 Å². The van der Waals surface area contributed by atoms with Crippen LogP contribution in [0.4, 0.5) is 17.1 Å². The monoisotopic (exact) mass is 488 g/mol. The maximum atomic E-state index is 12.7. The van der Waals surface area contributed by atoms with E-state index in [-0.39, 0.29) is 16.7 Å². The van der Waals surface area contributed by atoms with E-state index in [4.69, 9.17) is 17.0 Å². The lowest BCUT2D eigenvalue weighted by Gasteiger charge is -2.26. The number of morpholine rings is 1. The molecule has 0 atom stereocenters. The second-order valence-corrected chi connectivity index (χ2v) is 9.99. The molecular formula is C22H24N4O5S2. The van der Waals surface area contributed by atoms with Gasteiger partial charge in [-0.2, -0.15) is 4.31 Å². The van der Waals surface area contributed by atoms with Crippen LogP contribution in [0.25, 0.3) is 0 Å². The van der Waals surface area contributed by atoms with Gasteiger partial charge >= 0.3 is 0 Å². The van der Waals surface area contributed by atoms with E-state index >= 15 is 0 Å². The molecule has 2 saturated heterocycles. The van der Waals surface area contributed by atoms with Gasteiger partial charge in [0.05, 0.1) is 23.8 Å². The Hall–Kier alpha value is -2.86. The number of ether oxygens (including phenoxy) is 1. The van der Waals surface area contributed by atoms with Crippen molar-refractivity contribution >= 4 is 56.2 Å². The van der Waals surface area contributed by atoms with E-state index < -0.39 is 10.0 Å². The number of hydrogen-bond donors (Lipinski definition) is 2. The third-order valence-electron chi connectivity index (χ3n) is 5.38. The van der Waals surface area contributed by atoms with Crippen molar-refractivity contribution in [1.82, 2.24) is 4.31 Å². The predicted molar refractivity (Wildman–Crippen MR) is 129 cm³/mol. The van der Waals surface area contributed by atoms with Gasteiger partial charge in [0.2, 0.25) is 21.8 Å². The summed E-state index contributed by atoms with van der Waals surface area (Å²) in [6.45, 7) is 1.47. The highest BCUT2D eigenvalue weighted by atomic mass is 32.2. The van der Waals surface area contributed by atoms with Crippen LogP contribution in [0.3, 0.4) is 0 Å². The lowest BCUT2D eigenvalue weighted by Crippen LogP contribution is -2.40. The molecule has 9 nitrogen and oxygen atoms in total. The fourth-order valence-corrected chi connectivity index (χ4v) is 5.32.